The molecule has 33 heavy (non-hydrogen) atoms. The molecule has 0 spiro atoms. The van der Waals surface area contributed by atoms with Crippen molar-refractivity contribution in [3.05, 3.63) is 95.4 Å². The zero-order valence-electron chi connectivity index (χ0n) is 17.6. The van der Waals surface area contributed by atoms with Crippen molar-refractivity contribution in [3.8, 4) is 16.8 Å². The van der Waals surface area contributed by atoms with Crippen LogP contribution in [0.4, 0.5) is 11.6 Å². The topological polar surface area (TPSA) is 121 Å². The first-order chi connectivity index (χ1) is 16.0. The Morgan fingerprint density at radius 3 is 2.58 bits per heavy atom. The van der Waals surface area contributed by atoms with Crippen molar-refractivity contribution < 1.29 is 4.79 Å². The van der Waals surface area contributed by atoms with E-state index in [4.69, 9.17) is 5.73 Å². The molecule has 0 aliphatic rings. The number of carbonyl (C=O) groups is 1. The predicted molar refractivity (Wildman–Crippen MR) is 126 cm³/mol. The molecule has 4 aromatic heterocycles. The van der Waals surface area contributed by atoms with Crippen LogP contribution in [0.2, 0.25) is 0 Å². The minimum absolute atomic E-state index is 0.0196. The molecule has 0 aliphatic heterocycles. The van der Waals surface area contributed by atoms with Crippen LogP contribution in [0.3, 0.4) is 0 Å². The molecule has 0 unspecified atom stereocenters. The first-order valence-electron chi connectivity index (χ1n) is 10.1. The fourth-order valence-electron chi connectivity index (χ4n) is 3.72. The molecular formula is C24H19N7O2. The van der Waals surface area contributed by atoms with Crippen molar-refractivity contribution in [2.24, 2.45) is 7.05 Å². The highest BCUT2D eigenvalue weighted by atomic mass is 16.2. The van der Waals surface area contributed by atoms with Crippen molar-refractivity contribution in [2.45, 2.75) is 0 Å². The molecule has 3 N–H and O–H groups in total. The summed E-state index contributed by atoms with van der Waals surface area (Å²) in [6.07, 6.45) is 6.58. The first kappa shape index (κ1) is 20.1. The van der Waals surface area contributed by atoms with Gasteiger partial charge in [-0.15, -0.1) is 0 Å². The lowest BCUT2D eigenvalue weighted by molar-refractivity contribution is 0.102. The number of aryl methyl sites for hydroxylation is 1. The van der Waals surface area contributed by atoms with E-state index in [0.29, 0.717) is 23.0 Å². The lowest BCUT2D eigenvalue weighted by Crippen LogP contribution is -2.28. The van der Waals surface area contributed by atoms with Crippen LogP contribution in [0.25, 0.3) is 27.8 Å². The SMILES string of the molecule is Cn1cc(-c2ccc(NC(=O)c3cccn(-c4ccccc4)c3=O)nc2)c2c(N)ncnc21. The fourth-order valence-corrected chi connectivity index (χ4v) is 3.72. The number of hydrogen-bond donors (Lipinski definition) is 2. The second-order valence-corrected chi connectivity index (χ2v) is 7.43. The summed E-state index contributed by atoms with van der Waals surface area (Å²) in [6, 6.07) is 15.8. The summed E-state index contributed by atoms with van der Waals surface area (Å²) in [5.74, 6) is 0.169. The van der Waals surface area contributed by atoms with E-state index in [0.717, 1.165) is 16.5 Å². The van der Waals surface area contributed by atoms with E-state index in [1.807, 2.05) is 42.1 Å². The maximum absolute atomic E-state index is 12.9. The highest BCUT2D eigenvalue weighted by Gasteiger charge is 2.16. The molecule has 0 bridgehead atoms. The number of aromatic nitrogens is 5. The number of nitrogens with two attached hydrogens (primary N) is 1. The monoisotopic (exact) mass is 437 g/mol. The molecule has 9 nitrogen and oxygen atoms in total. The van der Waals surface area contributed by atoms with E-state index in [9.17, 15) is 9.59 Å². The van der Waals surface area contributed by atoms with Crippen molar-refractivity contribution in [3.63, 3.8) is 0 Å². The van der Waals surface area contributed by atoms with Gasteiger partial charge in [-0.25, -0.2) is 15.0 Å². The van der Waals surface area contributed by atoms with Gasteiger partial charge in [-0.2, -0.15) is 0 Å². The predicted octanol–water partition coefficient (Wildman–Crippen LogP) is 3.02. The number of pyridine rings is 2. The van der Waals surface area contributed by atoms with E-state index in [1.165, 1.54) is 17.0 Å². The smallest absolute Gasteiger partial charge is 0.267 e. The van der Waals surface area contributed by atoms with Crippen molar-refractivity contribution in [2.75, 3.05) is 11.1 Å². The summed E-state index contributed by atoms with van der Waals surface area (Å²) >= 11 is 0. The Bertz CT molecular complexity index is 1540. The van der Waals surface area contributed by atoms with Crippen LogP contribution in [0.15, 0.2) is 84.3 Å². The van der Waals surface area contributed by atoms with Crippen LogP contribution in [-0.4, -0.2) is 30.0 Å². The van der Waals surface area contributed by atoms with E-state index in [-0.39, 0.29) is 5.56 Å². The zero-order chi connectivity index (χ0) is 22.9. The Balaban J connectivity index is 1.42. The standard InChI is InChI=1S/C24H19N7O2/c1-30-13-18(20-21(25)27-14-28-22(20)30)15-9-10-19(26-12-15)29-23(32)17-8-5-11-31(24(17)33)16-6-3-2-4-7-16/h2-14H,1H3,(H2,25,27,28)(H,26,29,32). The minimum atomic E-state index is -0.534. The number of nitrogens with one attached hydrogen (secondary N) is 1. The van der Waals surface area contributed by atoms with Crippen LogP contribution < -0.4 is 16.6 Å². The van der Waals surface area contributed by atoms with Gasteiger partial charge in [-0.1, -0.05) is 18.2 Å². The number of nitrogen functional groups attached to an aromatic ring is 1. The fraction of sp³-hybridized carbons (Fsp3) is 0.0417. The van der Waals surface area contributed by atoms with Crippen LogP contribution in [0, 0.1) is 0 Å². The number of rotatable bonds is 4. The van der Waals surface area contributed by atoms with Gasteiger partial charge in [0, 0.05) is 42.5 Å². The molecule has 1 amide bonds. The molecule has 9 heteroatoms. The quantitative estimate of drug-likeness (QED) is 0.446. The van der Waals surface area contributed by atoms with E-state index in [2.05, 4.69) is 20.3 Å². The van der Waals surface area contributed by atoms with Gasteiger partial charge >= 0.3 is 0 Å². The first-order valence-corrected chi connectivity index (χ1v) is 10.1. The number of benzene rings is 1. The van der Waals surface area contributed by atoms with E-state index < -0.39 is 11.5 Å². The van der Waals surface area contributed by atoms with Gasteiger partial charge in [0.05, 0.1) is 5.39 Å². The molecule has 4 heterocycles. The molecule has 162 valence electrons. The molecule has 0 fully saturated rings. The third-order valence-electron chi connectivity index (χ3n) is 5.33. The van der Waals surface area contributed by atoms with Gasteiger partial charge < -0.3 is 15.6 Å². The highest BCUT2D eigenvalue weighted by Crippen LogP contribution is 2.31. The summed E-state index contributed by atoms with van der Waals surface area (Å²) < 4.78 is 3.30. The Kier molecular flexibility index (Phi) is 4.91. The number of hydrogen-bond acceptors (Lipinski definition) is 6. The Labute approximate surface area is 188 Å². The number of amides is 1. The minimum Gasteiger partial charge on any atom is -0.383 e. The molecular weight excluding hydrogens is 418 g/mol. The van der Waals surface area contributed by atoms with Crippen molar-refractivity contribution >= 4 is 28.6 Å². The van der Waals surface area contributed by atoms with Crippen LogP contribution in [0.1, 0.15) is 10.4 Å². The molecule has 5 rings (SSSR count). The maximum Gasteiger partial charge on any atom is 0.267 e. The summed E-state index contributed by atoms with van der Waals surface area (Å²) in [6.45, 7) is 0. The summed E-state index contributed by atoms with van der Waals surface area (Å²) in [4.78, 5) is 38.4. The number of nitrogens with zero attached hydrogens (tertiary/aromatic N) is 5. The number of fused-ring (bicyclic) bond motifs is 1. The van der Waals surface area contributed by atoms with Crippen LogP contribution in [0.5, 0.6) is 0 Å². The van der Waals surface area contributed by atoms with Crippen molar-refractivity contribution in [1.82, 2.24) is 24.1 Å². The van der Waals surface area contributed by atoms with Gasteiger partial charge in [0.15, 0.2) is 0 Å². The average Bonchev–Trinajstić information content (AvgIpc) is 3.18. The summed E-state index contributed by atoms with van der Waals surface area (Å²) in [7, 11) is 1.88. The molecule has 0 saturated heterocycles. The van der Waals surface area contributed by atoms with E-state index >= 15 is 0 Å². The highest BCUT2D eigenvalue weighted by molar-refractivity contribution is 6.04. The van der Waals surface area contributed by atoms with Gasteiger partial charge in [0.1, 0.15) is 29.2 Å². The van der Waals surface area contributed by atoms with Gasteiger partial charge in [-0.05, 0) is 36.4 Å². The third-order valence-corrected chi connectivity index (χ3v) is 5.33. The molecule has 0 aliphatic carbocycles. The summed E-state index contributed by atoms with van der Waals surface area (Å²) in [5.41, 5.74) is 8.70. The number of anilines is 2. The van der Waals surface area contributed by atoms with Gasteiger partial charge in [0.2, 0.25) is 0 Å². The Hall–Kier alpha value is -4.79. The Morgan fingerprint density at radius 2 is 1.82 bits per heavy atom. The van der Waals surface area contributed by atoms with Crippen molar-refractivity contribution in [1.29, 1.82) is 0 Å². The maximum atomic E-state index is 12.9. The molecule has 5 aromatic rings. The van der Waals surface area contributed by atoms with Crippen LogP contribution in [-0.2, 0) is 7.05 Å². The third kappa shape index (κ3) is 3.61. The summed E-state index contributed by atoms with van der Waals surface area (Å²) in [5, 5.41) is 3.43. The lowest BCUT2D eigenvalue weighted by Gasteiger charge is -2.09. The normalized spacial score (nSPS) is 10.9. The molecule has 1 aromatic carbocycles. The molecule has 0 saturated carbocycles. The number of carbonyl (C=O) groups excluding carboxylic acids is 1. The molecule has 0 atom stereocenters. The number of para-hydroxylation sites is 1. The Morgan fingerprint density at radius 1 is 1.00 bits per heavy atom. The molecule has 0 radical (unpaired) electrons. The second kappa shape index (κ2) is 8.04. The van der Waals surface area contributed by atoms with E-state index in [1.54, 1.807) is 36.7 Å². The van der Waals surface area contributed by atoms with Crippen LogP contribution >= 0.6 is 0 Å². The average molecular weight is 437 g/mol. The van der Waals surface area contributed by atoms with Gasteiger partial charge in [0.25, 0.3) is 11.5 Å². The lowest BCUT2D eigenvalue weighted by atomic mass is 10.1. The van der Waals surface area contributed by atoms with Gasteiger partial charge in [-0.3, -0.25) is 14.2 Å². The largest absolute Gasteiger partial charge is 0.383 e. The second-order valence-electron chi connectivity index (χ2n) is 7.43. The zero-order valence-corrected chi connectivity index (χ0v) is 17.6.